The predicted molar refractivity (Wildman–Crippen MR) is 107 cm³/mol. The molecule has 1 aromatic carbocycles. The molecule has 0 unspecified atom stereocenters. The van der Waals surface area contributed by atoms with Crippen molar-refractivity contribution >= 4 is 11.6 Å². The molecule has 0 saturated carbocycles. The average Bonchev–Trinajstić information content (AvgIpc) is 3.06. The zero-order chi connectivity index (χ0) is 19.4. The number of nitrogens with one attached hydrogen (secondary N) is 2. The van der Waals surface area contributed by atoms with Crippen LogP contribution in [-0.2, 0) is 11.3 Å². The van der Waals surface area contributed by atoms with Crippen molar-refractivity contribution in [2.75, 3.05) is 31.5 Å². The molecule has 2 heterocycles. The van der Waals surface area contributed by atoms with Crippen LogP contribution in [0.15, 0.2) is 24.3 Å². The SMILES string of the molecule is Cc1nc(CN2CCN([C@H](C)C(=O)Nc3ccccc3C(C)C)CC2)n[nH]1. The highest BCUT2D eigenvalue weighted by atomic mass is 16.2. The fourth-order valence-electron chi connectivity index (χ4n) is 3.49. The summed E-state index contributed by atoms with van der Waals surface area (Å²) in [7, 11) is 0. The number of carbonyl (C=O) groups is 1. The Morgan fingerprint density at radius 2 is 1.89 bits per heavy atom. The second kappa shape index (κ2) is 8.63. The molecule has 1 aromatic heterocycles. The Labute approximate surface area is 161 Å². The Morgan fingerprint density at radius 3 is 2.52 bits per heavy atom. The average molecular weight is 371 g/mol. The zero-order valence-corrected chi connectivity index (χ0v) is 16.7. The molecule has 0 aliphatic carbocycles. The lowest BCUT2D eigenvalue weighted by Crippen LogP contribution is -2.52. The molecule has 0 radical (unpaired) electrons. The van der Waals surface area contributed by atoms with Crippen LogP contribution in [0.5, 0.6) is 0 Å². The third-order valence-corrected chi connectivity index (χ3v) is 5.18. The monoisotopic (exact) mass is 370 g/mol. The van der Waals surface area contributed by atoms with E-state index in [2.05, 4.69) is 50.2 Å². The number of aryl methyl sites for hydroxylation is 1. The third-order valence-electron chi connectivity index (χ3n) is 5.18. The van der Waals surface area contributed by atoms with Crippen molar-refractivity contribution in [3.05, 3.63) is 41.5 Å². The molecule has 1 amide bonds. The number of carbonyl (C=O) groups excluding carboxylic acids is 1. The molecule has 1 aliphatic heterocycles. The molecule has 1 atom stereocenters. The largest absolute Gasteiger partial charge is 0.324 e. The van der Waals surface area contributed by atoms with Gasteiger partial charge in [0.15, 0.2) is 5.82 Å². The van der Waals surface area contributed by atoms with Crippen LogP contribution in [0.2, 0.25) is 0 Å². The summed E-state index contributed by atoms with van der Waals surface area (Å²) >= 11 is 0. The van der Waals surface area contributed by atoms with E-state index in [1.165, 1.54) is 5.56 Å². The van der Waals surface area contributed by atoms with E-state index in [0.29, 0.717) is 5.92 Å². The van der Waals surface area contributed by atoms with Gasteiger partial charge in [0, 0.05) is 31.9 Å². The van der Waals surface area contributed by atoms with Gasteiger partial charge in [-0.15, -0.1) is 0 Å². The molecule has 0 spiro atoms. The van der Waals surface area contributed by atoms with Crippen LogP contribution < -0.4 is 5.32 Å². The Balaban J connectivity index is 1.53. The Bertz CT molecular complexity index is 763. The highest BCUT2D eigenvalue weighted by Gasteiger charge is 2.26. The molecule has 146 valence electrons. The zero-order valence-electron chi connectivity index (χ0n) is 16.7. The molecule has 0 bridgehead atoms. The lowest BCUT2D eigenvalue weighted by molar-refractivity contribution is -0.121. The lowest BCUT2D eigenvalue weighted by atomic mass is 10.0. The molecule has 27 heavy (non-hydrogen) atoms. The number of aromatic amines is 1. The summed E-state index contributed by atoms with van der Waals surface area (Å²) in [5.41, 5.74) is 2.09. The molecule has 3 rings (SSSR count). The first-order valence-electron chi connectivity index (χ1n) is 9.68. The van der Waals surface area contributed by atoms with Gasteiger partial charge in [-0.3, -0.25) is 19.7 Å². The summed E-state index contributed by atoms with van der Waals surface area (Å²) in [6.07, 6.45) is 0. The number of hydrogen-bond donors (Lipinski definition) is 2. The van der Waals surface area contributed by atoms with Gasteiger partial charge < -0.3 is 5.32 Å². The maximum absolute atomic E-state index is 12.8. The van der Waals surface area contributed by atoms with Crippen LogP contribution in [0.3, 0.4) is 0 Å². The van der Waals surface area contributed by atoms with Crippen molar-refractivity contribution < 1.29 is 4.79 Å². The first-order chi connectivity index (χ1) is 12.9. The van der Waals surface area contributed by atoms with E-state index in [4.69, 9.17) is 0 Å². The van der Waals surface area contributed by atoms with E-state index in [1.54, 1.807) is 0 Å². The predicted octanol–water partition coefficient (Wildman–Crippen LogP) is 2.38. The molecule has 1 fully saturated rings. The van der Waals surface area contributed by atoms with Crippen molar-refractivity contribution in [2.45, 2.75) is 46.2 Å². The molecular weight excluding hydrogens is 340 g/mol. The first-order valence-corrected chi connectivity index (χ1v) is 9.68. The number of rotatable bonds is 6. The van der Waals surface area contributed by atoms with Gasteiger partial charge in [-0.25, -0.2) is 4.98 Å². The Hall–Kier alpha value is -2.25. The number of benzene rings is 1. The molecule has 1 aliphatic rings. The summed E-state index contributed by atoms with van der Waals surface area (Å²) < 4.78 is 0. The molecule has 2 N–H and O–H groups in total. The third kappa shape index (κ3) is 4.93. The van der Waals surface area contributed by atoms with Gasteiger partial charge in [-0.2, -0.15) is 5.10 Å². The van der Waals surface area contributed by atoms with Crippen molar-refractivity contribution in [3.8, 4) is 0 Å². The molecule has 7 nitrogen and oxygen atoms in total. The summed E-state index contributed by atoms with van der Waals surface area (Å²) in [4.78, 5) is 21.7. The normalized spacial score (nSPS) is 17.2. The van der Waals surface area contributed by atoms with E-state index in [0.717, 1.165) is 50.1 Å². The summed E-state index contributed by atoms with van der Waals surface area (Å²) in [6.45, 7) is 12.5. The number of para-hydroxylation sites is 1. The van der Waals surface area contributed by atoms with Crippen LogP contribution >= 0.6 is 0 Å². The van der Waals surface area contributed by atoms with E-state index in [9.17, 15) is 4.79 Å². The van der Waals surface area contributed by atoms with Gasteiger partial charge >= 0.3 is 0 Å². The van der Waals surface area contributed by atoms with Crippen molar-refractivity contribution in [2.24, 2.45) is 0 Å². The quantitative estimate of drug-likeness (QED) is 0.816. The second-order valence-electron chi connectivity index (χ2n) is 7.56. The van der Waals surface area contributed by atoms with Crippen LogP contribution in [0.25, 0.3) is 0 Å². The van der Waals surface area contributed by atoms with Gasteiger partial charge in [0.05, 0.1) is 12.6 Å². The maximum atomic E-state index is 12.8. The van der Waals surface area contributed by atoms with Gasteiger partial charge in [-0.1, -0.05) is 32.0 Å². The molecule has 2 aromatic rings. The second-order valence-corrected chi connectivity index (χ2v) is 7.56. The van der Waals surface area contributed by atoms with Crippen LogP contribution in [-0.4, -0.2) is 63.1 Å². The number of amides is 1. The Morgan fingerprint density at radius 1 is 1.19 bits per heavy atom. The van der Waals surface area contributed by atoms with Crippen molar-refractivity contribution in [3.63, 3.8) is 0 Å². The molecule has 7 heteroatoms. The number of aromatic nitrogens is 3. The van der Waals surface area contributed by atoms with E-state index < -0.39 is 0 Å². The highest BCUT2D eigenvalue weighted by molar-refractivity contribution is 5.95. The van der Waals surface area contributed by atoms with Crippen LogP contribution in [0.1, 0.15) is 43.9 Å². The standard InChI is InChI=1S/C20H30N6O/c1-14(2)17-7-5-6-8-18(17)22-20(27)15(3)26-11-9-25(10-12-26)13-19-21-16(4)23-24-19/h5-8,14-15H,9-13H2,1-4H3,(H,22,27)(H,21,23,24)/t15-/m1/s1. The lowest BCUT2D eigenvalue weighted by Gasteiger charge is -2.37. The minimum Gasteiger partial charge on any atom is -0.324 e. The number of hydrogen-bond acceptors (Lipinski definition) is 5. The number of H-pyrrole nitrogens is 1. The molecular formula is C20H30N6O. The fraction of sp³-hybridized carbons (Fsp3) is 0.550. The fourth-order valence-corrected chi connectivity index (χ4v) is 3.49. The van der Waals surface area contributed by atoms with E-state index in [-0.39, 0.29) is 11.9 Å². The van der Waals surface area contributed by atoms with Crippen LogP contribution in [0.4, 0.5) is 5.69 Å². The number of nitrogens with zero attached hydrogens (tertiary/aromatic N) is 4. The summed E-state index contributed by atoms with van der Waals surface area (Å²) in [5.74, 6) is 2.11. The van der Waals surface area contributed by atoms with Crippen LogP contribution in [0, 0.1) is 6.92 Å². The maximum Gasteiger partial charge on any atom is 0.241 e. The Kier molecular flexibility index (Phi) is 6.23. The minimum absolute atomic E-state index is 0.0566. The van der Waals surface area contributed by atoms with Gasteiger partial charge in [0.2, 0.25) is 5.91 Å². The van der Waals surface area contributed by atoms with E-state index in [1.807, 2.05) is 32.0 Å². The van der Waals surface area contributed by atoms with E-state index >= 15 is 0 Å². The van der Waals surface area contributed by atoms with Crippen molar-refractivity contribution in [1.82, 2.24) is 25.0 Å². The topological polar surface area (TPSA) is 77.2 Å². The summed E-state index contributed by atoms with van der Waals surface area (Å²) in [5, 5.41) is 10.2. The summed E-state index contributed by atoms with van der Waals surface area (Å²) in [6, 6.07) is 7.89. The van der Waals surface area contributed by atoms with Gasteiger partial charge in [0.25, 0.3) is 0 Å². The van der Waals surface area contributed by atoms with Crippen molar-refractivity contribution in [1.29, 1.82) is 0 Å². The van der Waals surface area contributed by atoms with Gasteiger partial charge in [-0.05, 0) is 31.4 Å². The first kappa shape index (κ1) is 19.5. The number of piperazine rings is 1. The van der Waals surface area contributed by atoms with Gasteiger partial charge in [0.1, 0.15) is 5.82 Å². The highest BCUT2D eigenvalue weighted by Crippen LogP contribution is 2.24. The minimum atomic E-state index is -0.155. The smallest absolute Gasteiger partial charge is 0.241 e. The molecule has 1 saturated heterocycles. The number of anilines is 1.